The van der Waals surface area contributed by atoms with Crippen molar-refractivity contribution in [1.29, 1.82) is 0 Å². The highest BCUT2D eigenvalue weighted by atomic mass is 32.2. The Morgan fingerprint density at radius 3 is 2.68 bits per heavy atom. The van der Waals surface area contributed by atoms with Crippen LogP contribution in [0.3, 0.4) is 0 Å². The van der Waals surface area contributed by atoms with Crippen LogP contribution in [0.4, 0.5) is 5.69 Å². The van der Waals surface area contributed by atoms with E-state index in [1.807, 2.05) is 24.3 Å². The zero-order chi connectivity index (χ0) is 22.0. The maximum atomic E-state index is 13.0. The van der Waals surface area contributed by atoms with Gasteiger partial charge in [0.1, 0.15) is 5.52 Å². The van der Waals surface area contributed by atoms with E-state index in [0.29, 0.717) is 48.4 Å². The number of morpholine rings is 1. The Balaban J connectivity index is 1.48. The van der Waals surface area contributed by atoms with Crippen molar-refractivity contribution in [1.82, 2.24) is 9.29 Å². The van der Waals surface area contributed by atoms with Crippen LogP contribution in [-0.4, -0.2) is 55.2 Å². The fourth-order valence-electron chi connectivity index (χ4n) is 3.23. The quantitative estimate of drug-likeness (QED) is 0.562. The molecular formula is C21H23N3O5S2. The number of thioether (sulfide) groups is 1. The fourth-order valence-corrected chi connectivity index (χ4v) is 5.65. The van der Waals surface area contributed by atoms with Gasteiger partial charge in [-0.3, -0.25) is 4.79 Å². The Hall–Kier alpha value is -2.40. The van der Waals surface area contributed by atoms with E-state index in [4.69, 9.17) is 9.15 Å². The number of hydrogen-bond donors (Lipinski definition) is 1. The van der Waals surface area contributed by atoms with Crippen molar-refractivity contribution in [2.45, 2.75) is 29.2 Å². The van der Waals surface area contributed by atoms with Gasteiger partial charge in [0.2, 0.25) is 15.9 Å². The van der Waals surface area contributed by atoms with Gasteiger partial charge in [-0.2, -0.15) is 4.31 Å². The predicted molar refractivity (Wildman–Crippen MR) is 119 cm³/mol. The molecule has 0 radical (unpaired) electrons. The number of sulfonamides is 1. The first-order chi connectivity index (χ1) is 14.8. The van der Waals surface area contributed by atoms with Crippen LogP contribution in [-0.2, 0) is 19.6 Å². The molecule has 1 N–H and O–H groups in total. The molecule has 10 heteroatoms. The van der Waals surface area contributed by atoms with Crippen LogP contribution in [0, 0.1) is 6.92 Å². The summed E-state index contributed by atoms with van der Waals surface area (Å²) in [5, 5.41) is 2.72. The Morgan fingerprint density at radius 1 is 1.19 bits per heavy atom. The maximum Gasteiger partial charge on any atom is 0.257 e. The average Bonchev–Trinajstić information content (AvgIpc) is 3.17. The third-order valence-corrected chi connectivity index (χ3v) is 7.95. The minimum atomic E-state index is -3.66. The molecule has 2 aromatic carbocycles. The highest BCUT2D eigenvalue weighted by Gasteiger charge is 2.28. The summed E-state index contributed by atoms with van der Waals surface area (Å²) in [6.07, 6.45) is 0. The number of aryl methyl sites for hydroxylation is 1. The molecule has 1 aromatic heterocycles. The number of anilines is 1. The molecule has 31 heavy (non-hydrogen) atoms. The lowest BCUT2D eigenvalue weighted by Gasteiger charge is -2.27. The molecule has 1 aliphatic rings. The van der Waals surface area contributed by atoms with Crippen LogP contribution in [0.25, 0.3) is 11.1 Å². The fraction of sp³-hybridized carbons (Fsp3) is 0.333. The molecule has 1 atom stereocenters. The van der Waals surface area contributed by atoms with Crippen molar-refractivity contribution in [2.75, 3.05) is 31.6 Å². The minimum absolute atomic E-state index is 0.187. The summed E-state index contributed by atoms with van der Waals surface area (Å²) in [6.45, 7) is 4.87. The summed E-state index contributed by atoms with van der Waals surface area (Å²) < 4.78 is 38.4. The average molecular weight is 462 g/mol. The molecule has 4 rings (SSSR count). The molecule has 1 fully saturated rings. The Labute approximate surface area is 185 Å². The number of rotatable bonds is 6. The molecule has 0 aliphatic carbocycles. The lowest BCUT2D eigenvalue weighted by Crippen LogP contribution is -2.40. The van der Waals surface area contributed by atoms with Gasteiger partial charge in [-0.05, 0) is 43.7 Å². The summed E-state index contributed by atoms with van der Waals surface area (Å²) in [4.78, 5) is 17.3. The van der Waals surface area contributed by atoms with Crippen molar-refractivity contribution in [3.05, 3.63) is 48.0 Å². The largest absolute Gasteiger partial charge is 0.431 e. The zero-order valence-electron chi connectivity index (χ0n) is 17.2. The van der Waals surface area contributed by atoms with Crippen LogP contribution >= 0.6 is 11.8 Å². The topological polar surface area (TPSA) is 102 Å². The van der Waals surface area contributed by atoms with E-state index < -0.39 is 15.3 Å². The zero-order valence-corrected chi connectivity index (χ0v) is 18.8. The number of nitrogens with zero attached hydrogens (tertiary/aromatic N) is 2. The smallest absolute Gasteiger partial charge is 0.257 e. The van der Waals surface area contributed by atoms with Crippen LogP contribution in [0.1, 0.15) is 12.5 Å². The van der Waals surface area contributed by atoms with E-state index in [1.54, 1.807) is 26.0 Å². The normalized spacial score (nSPS) is 16.3. The van der Waals surface area contributed by atoms with Gasteiger partial charge in [0.25, 0.3) is 5.22 Å². The Morgan fingerprint density at radius 2 is 1.94 bits per heavy atom. The molecule has 0 saturated carbocycles. The number of amides is 1. The molecule has 1 aliphatic heterocycles. The number of carbonyl (C=O) groups excluding carboxylic acids is 1. The van der Waals surface area contributed by atoms with E-state index in [-0.39, 0.29) is 10.8 Å². The van der Waals surface area contributed by atoms with Gasteiger partial charge in [-0.1, -0.05) is 30.0 Å². The van der Waals surface area contributed by atoms with Gasteiger partial charge in [0.05, 0.1) is 23.4 Å². The number of fused-ring (bicyclic) bond motifs is 1. The summed E-state index contributed by atoms with van der Waals surface area (Å²) in [7, 11) is -3.66. The Kier molecular flexibility index (Phi) is 6.33. The van der Waals surface area contributed by atoms with E-state index in [2.05, 4.69) is 10.3 Å². The highest BCUT2D eigenvalue weighted by molar-refractivity contribution is 8.00. The second kappa shape index (κ2) is 8.99. The molecule has 1 saturated heterocycles. The van der Waals surface area contributed by atoms with E-state index in [0.717, 1.165) is 5.52 Å². The first-order valence-electron chi connectivity index (χ1n) is 9.86. The molecular weight excluding hydrogens is 438 g/mol. The SMILES string of the molecule is Cc1ccc(NC(=O)[C@H](C)Sc2nc3ccccc3o2)cc1S(=O)(=O)N1CCOCC1. The molecule has 0 spiro atoms. The van der Waals surface area contributed by atoms with Gasteiger partial charge in [0, 0.05) is 18.8 Å². The number of hydrogen-bond acceptors (Lipinski definition) is 7. The molecule has 8 nitrogen and oxygen atoms in total. The van der Waals surface area contributed by atoms with Crippen molar-refractivity contribution in [3.8, 4) is 0 Å². The molecule has 1 amide bonds. The standard InChI is InChI=1S/C21H23N3O5S2/c1-14-7-8-16(13-19(14)31(26,27)24-9-11-28-12-10-24)22-20(25)15(2)30-21-23-17-5-3-4-6-18(17)29-21/h3-8,13,15H,9-12H2,1-2H3,(H,22,25)/t15-/m0/s1. The first kappa shape index (κ1) is 21.8. The van der Waals surface area contributed by atoms with Gasteiger partial charge in [-0.25, -0.2) is 13.4 Å². The van der Waals surface area contributed by atoms with Crippen LogP contribution in [0.2, 0.25) is 0 Å². The van der Waals surface area contributed by atoms with E-state index in [1.165, 1.54) is 22.1 Å². The molecule has 0 unspecified atom stereocenters. The van der Waals surface area contributed by atoms with Crippen molar-refractivity contribution >= 4 is 44.5 Å². The monoisotopic (exact) mass is 461 g/mol. The summed E-state index contributed by atoms with van der Waals surface area (Å²) in [6, 6.07) is 12.3. The molecule has 164 valence electrons. The van der Waals surface area contributed by atoms with Gasteiger partial charge in [-0.15, -0.1) is 0 Å². The van der Waals surface area contributed by atoms with Gasteiger partial charge in [0.15, 0.2) is 5.58 Å². The first-order valence-corrected chi connectivity index (χ1v) is 12.2. The molecule has 3 aromatic rings. The lowest BCUT2D eigenvalue weighted by molar-refractivity contribution is -0.115. The molecule has 2 heterocycles. The number of carbonyl (C=O) groups is 1. The third-order valence-electron chi connectivity index (χ3n) is 4.96. The van der Waals surface area contributed by atoms with Crippen LogP contribution in [0.15, 0.2) is 57.0 Å². The number of ether oxygens (including phenoxy) is 1. The van der Waals surface area contributed by atoms with Gasteiger partial charge < -0.3 is 14.5 Å². The summed E-state index contributed by atoms with van der Waals surface area (Å²) >= 11 is 1.20. The number of para-hydroxylation sites is 2. The highest BCUT2D eigenvalue weighted by Crippen LogP contribution is 2.28. The number of oxazole rings is 1. The lowest BCUT2D eigenvalue weighted by atomic mass is 10.2. The van der Waals surface area contributed by atoms with Gasteiger partial charge >= 0.3 is 0 Å². The number of aromatic nitrogens is 1. The predicted octanol–water partition coefficient (Wildman–Crippen LogP) is 3.28. The molecule has 0 bridgehead atoms. The van der Waals surface area contributed by atoms with Crippen molar-refractivity contribution in [2.24, 2.45) is 0 Å². The van der Waals surface area contributed by atoms with E-state index in [9.17, 15) is 13.2 Å². The summed E-state index contributed by atoms with van der Waals surface area (Å²) in [5.41, 5.74) is 2.44. The Bertz CT molecular complexity index is 1170. The second-order valence-electron chi connectivity index (χ2n) is 7.19. The minimum Gasteiger partial charge on any atom is -0.431 e. The van der Waals surface area contributed by atoms with Crippen LogP contribution < -0.4 is 5.32 Å². The maximum absolute atomic E-state index is 13.0. The summed E-state index contributed by atoms with van der Waals surface area (Å²) in [5.74, 6) is -0.272. The van der Waals surface area contributed by atoms with Crippen molar-refractivity contribution in [3.63, 3.8) is 0 Å². The van der Waals surface area contributed by atoms with E-state index >= 15 is 0 Å². The van der Waals surface area contributed by atoms with Crippen LogP contribution in [0.5, 0.6) is 0 Å². The third kappa shape index (κ3) is 4.77. The number of benzene rings is 2. The number of nitrogens with one attached hydrogen (secondary N) is 1. The van der Waals surface area contributed by atoms with Crippen molar-refractivity contribution < 1.29 is 22.4 Å². The second-order valence-corrected chi connectivity index (χ2v) is 10.4.